The monoisotopic (exact) mass is 194 g/mol. The highest BCUT2D eigenvalue weighted by molar-refractivity contribution is 5.22. The first-order valence-corrected chi connectivity index (χ1v) is 5.27. The summed E-state index contributed by atoms with van der Waals surface area (Å²) < 4.78 is 12.7. The van der Waals surface area contributed by atoms with Crippen LogP contribution < -0.4 is 0 Å². The number of halogens is 1. The molecule has 0 aliphatic carbocycles. The van der Waals surface area contributed by atoms with Crippen molar-refractivity contribution in [1.82, 2.24) is 0 Å². The van der Waals surface area contributed by atoms with Crippen LogP contribution in [-0.4, -0.2) is 6.17 Å². The summed E-state index contributed by atoms with van der Waals surface area (Å²) in [5.41, 5.74) is 2.60. The number of hydrogen-bond donors (Lipinski definition) is 0. The molecule has 0 N–H and O–H groups in total. The van der Waals surface area contributed by atoms with Crippen molar-refractivity contribution in [2.75, 3.05) is 0 Å². The van der Waals surface area contributed by atoms with Gasteiger partial charge in [-0.2, -0.15) is 0 Å². The largest absolute Gasteiger partial charge is 0.248 e. The van der Waals surface area contributed by atoms with Gasteiger partial charge in [-0.1, -0.05) is 36.8 Å². The van der Waals surface area contributed by atoms with Crippen LogP contribution in [0.5, 0.6) is 0 Å². The Hall–Kier alpha value is -0.850. The molecule has 1 aromatic carbocycles. The zero-order valence-electron chi connectivity index (χ0n) is 9.26. The van der Waals surface area contributed by atoms with E-state index in [1.807, 2.05) is 0 Å². The standard InChI is InChI=1S/C13H19F/c1-10-5-4-6-13(8-10)9-11(2)7-12(3)14/h4-6,8,11-12H,7,9H2,1-3H3. The molecule has 1 aromatic rings. The van der Waals surface area contributed by atoms with Crippen molar-refractivity contribution in [3.05, 3.63) is 35.4 Å². The minimum atomic E-state index is -0.685. The third-order valence-corrected chi connectivity index (χ3v) is 2.39. The molecule has 0 aliphatic heterocycles. The lowest BCUT2D eigenvalue weighted by Crippen LogP contribution is -2.06. The maximum absolute atomic E-state index is 12.7. The van der Waals surface area contributed by atoms with Gasteiger partial charge in [-0.3, -0.25) is 0 Å². The SMILES string of the molecule is Cc1cccc(CC(C)CC(C)F)c1. The molecule has 0 nitrogen and oxygen atoms in total. The molecule has 78 valence electrons. The molecule has 0 spiro atoms. The lowest BCUT2D eigenvalue weighted by Gasteiger charge is -2.12. The first-order chi connectivity index (χ1) is 6.58. The van der Waals surface area contributed by atoms with Crippen molar-refractivity contribution in [1.29, 1.82) is 0 Å². The quantitative estimate of drug-likeness (QED) is 0.681. The molecule has 0 radical (unpaired) electrons. The average molecular weight is 194 g/mol. The number of hydrogen-bond acceptors (Lipinski definition) is 0. The summed E-state index contributed by atoms with van der Waals surface area (Å²) in [7, 11) is 0. The molecule has 1 rings (SSSR count). The lowest BCUT2D eigenvalue weighted by atomic mass is 9.95. The van der Waals surface area contributed by atoms with Crippen molar-refractivity contribution < 1.29 is 4.39 Å². The van der Waals surface area contributed by atoms with Crippen LogP contribution in [-0.2, 0) is 6.42 Å². The van der Waals surface area contributed by atoms with Gasteiger partial charge in [-0.25, -0.2) is 4.39 Å². The Labute approximate surface area is 86.2 Å². The third kappa shape index (κ3) is 3.91. The van der Waals surface area contributed by atoms with Crippen molar-refractivity contribution in [2.24, 2.45) is 5.92 Å². The zero-order chi connectivity index (χ0) is 10.6. The minimum absolute atomic E-state index is 0.428. The van der Waals surface area contributed by atoms with Gasteiger partial charge in [-0.05, 0) is 38.2 Å². The summed E-state index contributed by atoms with van der Waals surface area (Å²) in [6, 6.07) is 8.45. The fourth-order valence-electron chi connectivity index (χ4n) is 1.88. The molecule has 2 unspecified atom stereocenters. The van der Waals surface area contributed by atoms with Crippen molar-refractivity contribution in [3.63, 3.8) is 0 Å². The molecule has 0 aromatic heterocycles. The van der Waals surface area contributed by atoms with E-state index < -0.39 is 6.17 Å². The van der Waals surface area contributed by atoms with Gasteiger partial charge in [0.25, 0.3) is 0 Å². The third-order valence-electron chi connectivity index (χ3n) is 2.39. The Bertz CT molecular complexity index is 278. The molecule has 0 aliphatic rings. The van der Waals surface area contributed by atoms with Crippen LogP contribution in [0.25, 0.3) is 0 Å². The van der Waals surface area contributed by atoms with Crippen LogP contribution >= 0.6 is 0 Å². The molecule has 0 amide bonds. The molecule has 14 heavy (non-hydrogen) atoms. The van der Waals surface area contributed by atoms with Gasteiger partial charge < -0.3 is 0 Å². The highest BCUT2D eigenvalue weighted by Crippen LogP contribution is 2.15. The molecule has 0 saturated heterocycles. The van der Waals surface area contributed by atoms with Crippen LogP contribution in [0.15, 0.2) is 24.3 Å². The van der Waals surface area contributed by atoms with E-state index in [-0.39, 0.29) is 0 Å². The van der Waals surface area contributed by atoms with Crippen LogP contribution in [0, 0.1) is 12.8 Å². The first kappa shape index (κ1) is 11.2. The molecule has 0 saturated carbocycles. The lowest BCUT2D eigenvalue weighted by molar-refractivity contribution is 0.296. The predicted molar refractivity (Wildman–Crippen MR) is 59.2 cm³/mol. The second-order valence-corrected chi connectivity index (χ2v) is 4.31. The van der Waals surface area contributed by atoms with Crippen molar-refractivity contribution in [2.45, 2.75) is 39.8 Å². The topological polar surface area (TPSA) is 0 Å². The maximum atomic E-state index is 12.7. The number of rotatable bonds is 4. The van der Waals surface area contributed by atoms with Gasteiger partial charge in [0, 0.05) is 0 Å². The van der Waals surface area contributed by atoms with Gasteiger partial charge >= 0.3 is 0 Å². The Balaban J connectivity index is 2.51. The normalized spacial score (nSPS) is 15.1. The molecule has 2 atom stereocenters. The second-order valence-electron chi connectivity index (χ2n) is 4.31. The van der Waals surface area contributed by atoms with E-state index >= 15 is 0 Å². The molecule has 0 fully saturated rings. The molecule has 0 bridgehead atoms. The zero-order valence-corrected chi connectivity index (χ0v) is 9.26. The second kappa shape index (κ2) is 5.14. The van der Waals surface area contributed by atoms with E-state index in [1.165, 1.54) is 11.1 Å². The summed E-state index contributed by atoms with van der Waals surface area (Å²) in [6.45, 7) is 5.83. The van der Waals surface area contributed by atoms with Crippen molar-refractivity contribution in [3.8, 4) is 0 Å². The number of alkyl halides is 1. The first-order valence-electron chi connectivity index (χ1n) is 5.27. The smallest absolute Gasteiger partial charge is 0.0976 e. The number of aryl methyl sites for hydroxylation is 1. The van der Waals surface area contributed by atoms with Crippen LogP contribution in [0.1, 0.15) is 31.4 Å². The number of benzene rings is 1. The van der Waals surface area contributed by atoms with Crippen molar-refractivity contribution >= 4 is 0 Å². The minimum Gasteiger partial charge on any atom is -0.248 e. The van der Waals surface area contributed by atoms with E-state index in [0.29, 0.717) is 12.3 Å². The average Bonchev–Trinajstić information content (AvgIpc) is 2.01. The van der Waals surface area contributed by atoms with Gasteiger partial charge in [-0.15, -0.1) is 0 Å². The molecule has 1 heteroatoms. The summed E-state index contributed by atoms with van der Waals surface area (Å²) in [4.78, 5) is 0. The maximum Gasteiger partial charge on any atom is 0.0976 e. The van der Waals surface area contributed by atoms with E-state index in [4.69, 9.17) is 0 Å². The van der Waals surface area contributed by atoms with Gasteiger partial charge in [0.2, 0.25) is 0 Å². The summed E-state index contributed by atoms with van der Waals surface area (Å²) in [5.74, 6) is 0.428. The summed E-state index contributed by atoms with van der Waals surface area (Å²) >= 11 is 0. The fraction of sp³-hybridized carbons (Fsp3) is 0.538. The summed E-state index contributed by atoms with van der Waals surface area (Å²) in [5, 5.41) is 0. The molecular formula is C13H19F. The Morgan fingerprint density at radius 2 is 2.00 bits per heavy atom. The Morgan fingerprint density at radius 1 is 1.29 bits per heavy atom. The van der Waals surface area contributed by atoms with E-state index in [1.54, 1.807) is 6.92 Å². The predicted octanol–water partition coefficient (Wildman–Crippen LogP) is 3.92. The molecular weight excluding hydrogens is 175 g/mol. The van der Waals surface area contributed by atoms with Crippen LogP contribution in [0.4, 0.5) is 4.39 Å². The Kier molecular flexibility index (Phi) is 4.12. The highest BCUT2D eigenvalue weighted by Gasteiger charge is 2.08. The van der Waals surface area contributed by atoms with Crippen LogP contribution in [0.3, 0.4) is 0 Å². The van der Waals surface area contributed by atoms with Gasteiger partial charge in [0.1, 0.15) is 0 Å². The van der Waals surface area contributed by atoms with E-state index in [2.05, 4.69) is 38.1 Å². The van der Waals surface area contributed by atoms with E-state index in [0.717, 1.165) is 6.42 Å². The summed E-state index contributed by atoms with van der Waals surface area (Å²) in [6.07, 6.45) is 0.957. The fourth-order valence-corrected chi connectivity index (χ4v) is 1.88. The Morgan fingerprint density at radius 3 is 2.57 bits per heavy atom. The van der Waals surface area contributed by atoms with Gasteiger partial charge in [0.05, 0.1) is 6.17 Å². The highest BCUT2D eigenvalue weighted by atomic mass is 19.1. The van der Waals surface area contributed by atoms with Crippen LogP contribution in [0.2, 0.25) is 0 Å². The van der Waals surface area contributed by atoms with Gasteiger partial charge in [0.15, 0.2) is 0 Å². The van der Waals surface area contributed by atoms with E-state index in [9.17, 15) is 4.39 Å². The molecule has 0 heterocycles.